The molecule has 2 aliphatic rings. The largest absolute Gasteiger partial charge is 0.490 e. The Morgan fingerprint density at radius 1 is 1.05 bits per heavy atom. The van der Waals surface area contributed by atoms with Gasteiger partial charge in [0.1, 0.15) is 5.75 Å². The predicted molar refractivity (Wildman–Crippen MR) is 88.5 cm³/mol. The predicted octanol–water partition coefficient (Wildman–Crippen LogP) is 4.27. The van der Waals surface area contributed by atoms with Crippen LogP contribution in [-0.4, -0.2) is 19.2 Å². The van der Waals surface area contributed by atoms with E-state index in [1.807, 2.05) is 0 Å². The second-order valence-electron chi connectivity index (χ2n) is 6.72. The van der Waals surface area contributed by atoms with E-state index in [0.717, 1.165) is 37.1 Å². The van der Waals surface area contributed by atoms with Crippen molar-refractivity contribution in [1.82, 2.24) is 5.32 Å². The van der Waals surface area contributed by atoms with Crippen molar-refractivity contribution in [3.63, 3.8) is 0 Å². The van der Waals surface area contributed by atoms with Gasteiger partial charge in [-0.2, -0.15) is 0 Å². The zero-order chi connectivity index (χ0) is 14.7. The van der Waals surface area contributed by atoms with E-state index in [0.29, 0.717) is 6.10 Å². The van der Waals surface area contributed by atoms with E-state index in [-0.39, 0.29) is 0 Å². The van der Waals surface area contributed by atoms with Crippen molar-refractivity contribution < 1.29 is 4.74 Å². The van der Waals surface area contributed by atoms with Crippen molar-refractivity contribution in [2.24, 2.45) is 11.8 Å². The number of hydrogen-bond acceptors (Lipinski definition) is 2. The minimum absolute atomic E-state index is 0.403. The maximum atomic E-state index is 6.18. The summed E-state index contributed by atoms with van der Waals surface area (Å²) in [5.41, 5.74) is 2.80. The zero-order valence-electron chi connectivity index (χ0n) is 13.3. The van der Waals surface area contributed by atoms with E-state index < -0.39 is 0 Å². The molecule has 1 N–H and O–H groups in total. The maximum absolute atomic E-state index is 6.18. The lowest BCUT2D eigenvalue weighted by Crippen LogP contribution is -2.28. The highest BCUT2D eigenvalue weighted by atomic mass is 16.5. The smallest absolute Gasteiger partial charge is 0.119 e. The first-order valence-corrected chi connectivity index (χ1v) is 8.39. The van der Waals surface area contributed by atoms with Gasteiger partial charge in [-0.25, -0.2) is 0 Å². The molecule has 1 aromatic rings. The van der Waals surface area contributed by atoms with Crippen LogP contribution in [0.15, 0.2) is 30.3 Å². The zero-order valence-corrected chi connectivity index (χ0v) is 13.3. The first-order chi connectivity index (χ1) is 10.2. The molecule has 3 unspecified atom stereocenters. The number of benzene rings is 1. The third-order valence-electron chi connectivity index (χ3n) is 5.14. The molecule has 1 aliphatic carbocycles. The summed E-state index contributed by atoms with van der Waals surface area (Å²) in [6, 6.07) is 8.70. The molecule has 0 saturated heterocycles. The van der Waals surface area contributed by atoms with Gasteiger partial charge in [-0.1, -0.05) is 32.1 Å². The molecule has 1 fully saturated rings. The van der Waals surface area contributed by atoms with Crippen LogP contribution in [0, 0.1) is 11.8 Å². The highest BCUT2D eigenvalue weighted by molar-refractivity contribution is 5.67. The van der Waals surface area contributed by atoms with E-state index in [4.69, 9.17) is 4.74 Å². The molecule has 3 atom stereocenters. The van der Waals surface area contributed by atoms with E-state index in [1.165, 1.54) is 30.4 Å². The van der Waals surface area contributed by atoms with Gasteiger partial charge in [0.25, 0.3) is 0 Å². The first-order valence-electron chi connectivity index (χ1n) is 8.39. The molecule has 0 bridgehead atoms. The molecule has 0 aromatic heterocycles. The van der Waals surface area contributed by atoms with Crippen LogP contribution >= 0.6 is 0 Å². The Morgan fingerprint density at radius 3 is 2.52 bits per heavy atom. The SMILES string of the molecule is CC1CCC(Oc2ccc(C3=CCNCC3)cc2)CC1C. The first kappa shape index (κ1) is 14.6. The Bertz CT molecular complexity index is 491. The standard InChI is InChI=1S/C19H27NO/c1-14-3-6-19(13-15(14)2)21-18-7-4-16(5-8-18)17-9-11-20-12-10-17/h4-5,7-9,14-15,19-20H,3,6,10-13H2,1-2H3. The normalized spacial score (nSPS) is 29.8. The summed E-state index contributed by atoms with van der Waals surface area (Å²) in [6.07, 6.45) is 7.51. The van der Waals surface area contributed by atoms with Gasteiger partial charge in [-0.05, 0) is 67.3 Å². The Hall–Kier alpha value is -1.28. The van der Waals surface area contributed by atoms with Crippen LogP contribution in [-0.2, 0) is 0 Å². The molecule has 3 rings (SSSR count). The minimum Gasteiger partial charge on any atom is -0.490 e. The average Bonchev–Trinajstić information content (AvgIpc) is 2.53. The van der Waals surface area contributed by atoms with Crippen LogP contribution < -0.4 is 10.1 Å². The Labute approximate surface area is 128 Å². The van der Waals surface area contributed by atoms with Crippen LogP contribution in [0.1, 0.15) is 45.1 Å². The molecule has 2 nitrogen and oxygen atoms in total. The van der Waals surface area contributed by atoms with Crippen LogP contribution in [0.25, 0.3) is 5.57 Å². The molecule has 1 aliphatic heterocycles. The van der Waals surface area contributed by atoms with Gasteiger partial charge in [0.2, 0.25) is 0 Å². The maximum Gasteiger partial charge on any atom is 0.119 e. The van der Waals surface area contributed by atoms with Crippen molar-refractivity contribution in [3.05, 3.63) is 35.9 Å². The highest BCUT2D eigenvalue weighted by Gasteiger charge is 2.25. The van der Waals surface area contributed by atoms with Crippen molar-refractivity contribution in [2.45, 2.75) is 45.6 Å². The lowest BCUT2D eigenvalue weighted by atomic mass is 9.80. The number of hydrogen-bond donors (Lipinski definition) is 1. The minimum atomic E-state index is 0.403. The van der Waals surface area contributed by atoms with Gasteiger partial charge < -0.3 is 10.1 Å². The molecular weight excluding hydrogens is 258 g/mol. The summed E-state index contributed by atoms with van der Waals surface area (Å²) < 4.78 is 6.18. The van der Waals surface area contributed by atoms with Crippen LogP contribution in [0.2, 0.25) is 0 Å². The second-order valence-corrected chi connectivity index (χ2v) is 6.72. The number of nitrogens with one attached hydrogen (secondary N) is 1. The molecule has 1 heterocycles. The van der Waals surface area contributed by atoms with E-state index in [9.17, 15) is 0 Å². The van der Waals surface area contributed by atoms with Gasteiger partial charge in [0, 0.05) is 6.54 Å². The van der Waals surface area contributed by atoms with Crippen LogP contribution in [0.4, 0.5) is 0 Å². The van der Waals surface area contributed by atoms with E-state index >= 15 is 0 Å². The van der Waals surface area contributed by atoms with Crippen LogP contribution in [0.5, 0.6) is 5.75 Å². The fourth-order valence-corrected chi connectivity index (χ4v) is 3.43. The summed E-state index contributed by atoms with van der Waals surface area (Å²) in [7, 11) is 0. The molecule has 1 aromatic carbocycles. The van der Waals surface area contributed by atoms with Crippen molar-refractivity contribution >= 4 is 5.57 Å². The van der Waals surface area contributed by atoms with Crippen molar-refractivity contribution in [1.29, 1.82) is 0 Å². The number of ether oxygens (including phenoxy) is 1. The quantitative estimate of drug-likeness (QED) is 0.895. The molecule has 1 saturated carbocycles. The van der Waals surface area contributed by atoms with Gasteiger partial charge in [-0.3, -0.25) is 0 Å². The summed E-state index contributed by atoms with van der Waals surface area (Å²) in [5, 5.41) is 3.36. The van der Waals surface area contributed by atoms with E-state index in [2.05, 4.69) is 49.5 Å². The molecular formula is C19H27NO. The summed E-state index contributed by atoms with van der Waals surface area (Å²) in [5.74, 6) is 2.65. The molecule has 21 heavy (non-hydrogen) atoms. The van der Waals surface area contributed by atoms with Gasteiger partial charge >= 0.3 is 0 Å². The summed E-state index contributed by atoms with van der Waals surface area (Å²) in [4.78, 5) is 0. The summed E-state index contributed by atoms with van der Waals surface area (Å²) >= 11 is 0. The third kappa shape index (κ3) is 3.68. The fraction of sp³-hybridized carbons (Fsp3) is 0.579. The van der Waals surface area contributed by atoms with Gasteiger partial charge in [-0.15, -0.1) is 0 Å². The van der Waals surface area contributed by atoms with Crippen molar-refractivity contribution in [2.75, 3.05) is 13.1 Å². The third-order valence-corrected chi connectivity index (χ3v) is 5.14. The van der Waals surface area contributed by atoms with E-state index in [1.54, 1.807) is 0 Å². The Balaban J connectivity index is 1.61. The monoisotopic (exact) mass is 285 g/mol. The number of rotatable bonds is 3. The van der Waals surface area contributed by atoms with Gasteiger partial charge in [0.05, 0.1) is 6.10 Å². The van der Waals surface area contributed by atoms with Gasteiger partial charge in [0.15, 0.2) is 0 Å². The van der Waals surface area contributed by atoms with Crippen molar-refractivity contribution in [3.8, 4) is 5.75 Å². The second kappa shape index (κ2) is 6.65. The summed E-state index contributed by atoms with van der Waals surface area (Å²) in [6.45, 7) is 6.79. The molecule has 0 amide bonds. The lowest BCUT2D eigenvalue weighted by Gasteiger charge is -2.32. The molecule has 0 spiro atoms. The van der Waals surface area contributed by atoms with Crippen LogP contribution in [0.3, 0.4) is 0 Å². The lowest BCUT2D eigenvalue weighted by molar-refractivity contribution is 0.101. The molecule has 114 valence electrons. The topological polar surface area (TPSA) is 21.3 Å². The highest BCUT2D eigenvalue weighted by Crippen LogP contribution is 2.32. The molecule has 2 heteroatoms. The molecule has 0 radical (unpaired) electrons. The fourth-order valence-electron chi connectivity index (χ4n) is 3.43. The average molecular weight is 285 g/mol. The Morgan fingerprint density at radius 2 is 1.86 bits per heavy atom. The Kier molecular flexibility index (Phi) is 4.64.